The molecule has 0 saturated heterocycles. The first kappa shape index (κ1) is 9.50. The van der Waals surface area contributed by atoms with Crippen molar-refractivity contribution < 1.29 is 19.4 Å². The first-order valence-electron chi connectivity index (χ1n) is 2.95. The number of aliphatic carboxylic acids is 1. The van der Waals surface area contributed by atoms with Crippen molar-refractivity contribution in [1.82, 2.24) is 0 Å². The summed E-state index contributed by atoms with van der Waals surface area (Å²) in [6.45, 7) is -0.119. The third kappa shape index (κ3) is 6.38. The van der Waals surface area contributed by atoms with E-state index in [1.165, 1.54) is 0 Å². The molecular weight excluding hydrogens is 148 g/mol. The molecule has 11 heavy (non-hydrogen) atoms. The first-order valence-corrected chi connectivity index (χ1v) is 2.95. The highest BCUT2D eigenvalue weighted by molar-refractivity contribution is 5.75. The van der Waals surface area contributed by atoms with E-state index in [0.29, 0.717) is 0 Å². The number of carboxylic acid groups (broad SMARTS) is 1. The smallest absolute Gasteiger partial charge is 0.307 e. The summed E-state index contributed by atoms with van der Waals surface area (Å²) >= 11 is 0. The molecule has 4 heteroatoms. The maximum atomic E-state index is 10.5. The average Bonchev–Trinajstić information content (AvgIpc) is 1.97. The zero-order valence-corrected chi connectivity index (χ0v) is 5.83. The van der Waals surface area contributed by atoms with Gasteiger partial charge in [-0.15, -0.1) is 6.42 Å². The first-order chi connectivity index (χ1) is 5.16. The third-order valence-corrected chi connectivity index (χ3v) is 0.850. The fourth-order valence-corrected chi connectivity index (χ4v) is 0.398. The summed E-state index contributed by atoms with van der Waals surface area (Å²) in [5.74, 6) is 0.186. The van der Waals surface area contributed by atoms with Gasteiger partial charge in [0.1, 0.15) is 0 Å². The van der Waals surface area contributed by atoms with Crippen LogP contribution in [0.15, 0.2) is 0 Å². The number of carbonyl (C=O) groups is 2. The van der Waals surface area contributed by atoms with Crippen LogP contribution in [0, 0.1) is 12.3 Å². The normalized spacial score (nSPS) is 8.27. The van der Waals surface area contributed by atoms with E-state index < -0.39 is 11.9 Å². The Bertz CT molecular complexity index is 189. The Morgan fingerprint density at radius 3 is 2.55 bits per heavy atom. The molecule has 4 nitrogen and oxygen atoms in total. The van der Waals surface area contributed by atoms with Crippen LogP contribution in [-0.2, 0) is 14.3 Å². The third-order valence-electron chi connectivity index (χ3n) is 0.850. The van der Waals surface area contributed by atoms with E-state index in [2.05, 4.69) is 10.7 Å². The van der Waals surface area contributed by atoms with E-state index in [4.69, 9.17) is 6.42 Å². The molecule has 0 aromatic heterocycles. The van der Waals surface area contributed by atoms with E-state index in [-0.39, 0.29) is 19.4 Å². The van der Waals surface area contributed by atoms with E-state index >= 15 is 0 Å². The monoisotopic (exact) mass is 155 g/mol. The van der Waals surface area contributed by atoms with Crippen LogP contribution in [0.5, 0.6) is 0 Å². The number of rotatable bonds is 4. The van der Waals surface area contributed by atoms with Gasteiger partial charge in [-0.2, -0.15) is 0 Å². The molecule has 0 saturated carbocycles. The molecule has 0 fully saturated rings. The highest BCUT2D eigenvalue weighted by Gasteiger charge is 2.00. The van der Waals surface area contributed by atoms with Gasteiger partial charge in [0.05, 0.1) is 6.42 Å². The SMILES string of the molecule is C#CCOC(=O)CCC(=O)[O-]. The summed E-state index contributed by atoms with van der Waals surface area (Å²) in [5, 5.41) is 9.82. The van der Waals surface area contributed by atoms with Crippen molar-refractivity contribution in [1.29, 1.82) is 0 Å². The summed E-state index contributed by atoms with van der Waals surface area (Å²) in [6.07, 6.45) is 4.26. The summed E-state index contributed by atoms with van der Waals surface area (Å²) in [4.78, 5) is 20.3. The van der Waals surface area contributed by atoms with E-state index in [9.17, 15) is 14.7 Å². The van der Waals surface area contributed by atoms with Crippen LogP contribution >= 0.6 is 0 Å². The standard InChI is InChI=1S/C7H8O4/c1-2-5-11-7(10)4-3-6(8)9/h1H,3-5H2,(H,8,9)/p-1. The molecule has 0 amide bonds. The van der Waals surface area contributed by atoms with Crippen LogP contribution < -0.4 is 5.11 Å². The minimum atomic E-state index is -1.28. The Labute approximate surface area is 64.2 Å². The van der Waals surface area contributed by atoms with Crippen molar-refractivity contribution in [2.75, 3.05) is 6.61 Å². The summed E-state index contributed by atoms with van der Waals surface area (Å²) in [5.41, 5.74) is 0. The second-order valence-electron chi connectivity index (χ2n) is 1.74. The lowest BCUT2D eigenvalue weighted by Crippen LogP contribution is -2.23. The predicted molar refractivity (Wildman–Crippen MR) is 34.0 cm³/mol. The van der Waals surface area contributed by atoms with Crippen molar-refractivity contribution in [2.24, 2.45) is 0 Å². The molecule has 0 atom stereocenters. The molecule has 0 aliphatic rings. The second-order valence-corrected chi connectivity index (χ2v) is 1.74. The number of hydrogen-bond acceptors (Lipinski definition) is 4. The Morgan fingerprint density at radius 2 is 2.09 bits per heavy atom. The molecule has 0 aliphatic carbocycles. The average molecular weight is 155 g/mol. The fraction of sp³-hybridized carbons (Fsp3) is 0.429. The van der Waals surface area contributed by atoms with Crippen LogP contribution in [-0.4, -0.2) is 18.5 Å². The van der Waals surface area contributed by atoms with Gasteiger partial charge in [-0.1, -0.05) is 5.92 Å². The quantitative estimate of drug-likeness (QED) is 0.373. The molecule has 0 spiro atoms. The number of carboxylic acids is 1. The molecule has 0 rings (SSSR count). The van der Waals surface area contributed by atoms with E-state index in [1.54, 1.807) is 0 Å². The second kappa shape index (κ2) is 5.30. The Hall–Kier alpha value is -1.50. The lowest BCUT2D eigenvalue weighted by molar-refractivity contribution is -0.305. The van der Waals surface area contributed by atoms with Crippen LogP contribution in [0.4, 0.5) is 0 Å². The highest BCUT2D eigenvalue weighted by Crippen LogP contribution is 1.90. The van der Waals surface area contributed by atoms with Crippen LogP contribution in [0.1, 0.15) is 12.8 Å². The van der Waals surface area contributed by atoms with E-state index in [1.807, 2.05) is 0 Å². The lowest BCUT2D eigenvalue weighted by atomic mass is 10.3. The zero-order chi connectivity index (χ0) is 8.69. The molecule has 0 aromatic rings. The number of terminal acetylenes is 1. The number of hydrogen-bond donors (Lipinski definition) is 0. The molecular formula is C7H7O4-. The largest absolute Gasteiger partial charge is 0.550 e. The maximum Gasteiger partial charge on any atom is 0.307 e. The fourth-order valence-electron chi connectivity index (χ4n) is 0.398. The van der Waals surface area contributed by atoms with Crippen molar-refractivity contribution in [3.8, 4) is 12.3 Å². The van der Waals surface area contributed by atoms with Crippen LogP contribution in [0.3, 0.4) is 0 Å². The number of esters is 1. The van der Waals surface area contributed by atoms with Gasteiger partial charge < -0.3 is 14.6 Å². The Morgan fingerprint density at radius 1 is 1.45 bits per heavy atom. The van der Waals surface area contributed by atoms with Crippen molar-refractivity contribution in [2.45, 2.75) is 12.8 Å². The molecule has 60 valence electrons. The van der Waals surface area contributed by atoms with Gasteiger partial charge in [-0.05, 0) is 6.42 Å². The predicted octanol–water partition coefficient (Wildman–Crippen LogP) is -1.31. The van der Waals surface area contributed by atoms with Gasteiger partial charge in [0.2, 0.25) is 0 Å². The lowest BCUT2D eigenvalue weighted by Gasteiger charge is -2.00. The van der Waals surface area contributed by atoms with Crippen LogP contribution in [0.25, 0.3) is 0 Å². The molecule has 0 unspecified atom stereocenters. The van der Waals surface area contributed by atoms with Gasteiger partial charge in [0.25, 0.3) is 0 Å². The Balaban J connectivity index is 3.39. The number of ether oxygens (including phenoxy) is 1. The topological polar surface area (TPSA) is 66.4 Å². The molecule has 0 bridgehead atoms. The number of carbonyl (C=O) groups excluding carboxylic acids is 2. The summed E-state index contributed by atoms with van der Waals surface area (Å²) in [6, 6.07) is 0. The van der Waals surface area contributed by atoms with Crippen molar-refractivity contribution >= 4 is 11.9 Å². The van der Waals surface area contributed by atoms with Crippen molar-refractivity contribution in [3.05, 3.63) is 0 Å². The zero-order valence-electron chi connectivity index (χ0n) is 5.83. The van der Waals surface area contributed by atoms with Gasteiger partial charge in [0.15, 0.2) is 6.61 Å². The molecule has 0 aliphatic heterocycles. The minimum absolute atomic E-state index is 0.119. The molecule has 0 heterocycles. The summed E-state index contributed by atoms with van der Waals surface area (Å²) < 4.78 is 4.38. The maximum absolute atomic E-state index is 10.5. The van der Waals surface area contributed by atoms with E-state index in [0.717, 1.165) is 0 Å². The molecule has 0 aromatic carbocycles. The molecule has 0 N–H and O–H groups in total. The van der Waals surface area contributed by atoms with Gasteiger partial charge in [-0.3, -0.25) is 4.79 Å². The molecule has 0 radical (unpaired) electrons. The van der Waals surface area contributed by atoms with Gasteiger partial charge in [-0.25, -0.2) is 0 Å². The van der Waals surface area contributed by atoms with Crippen LogP contribution in [0.2, 0.25) is 0 Å². The van der Waals surface area contributed by atoms with Gasteiger partial charge in [0, 0.05) is 5.97 Å². The minimum Gasteiger partial charge on any atom is -0.550 e. The highest BCUT2D eigenvalue weighted by atomic mass is 16.5. The Kier molecular flexibility index (Phi) is 4.58. The summed E-state index contributed by atoms with van der Waals surface area (Å²) in [7, 11) is 0. The van der Waals surface area contributed by atoms with Gasteiger partial charge >= 0.3 is 5.97 Å². The van der Waals surface area contributed by atoms with Crippen molar-refractivity contribution in [3.63, 3.8) is 0 Å².